The molecular weight excluding hydrogens is 354 g/mol. The van der Waals surface area contributed by atoms with E-state index < -0.39 is 0 Å². The minimum absolute atomic E-state index is 0. The van der Waals surface area contributed by atoms with E-state index >= 15 is 0 Å². The molecule has 3 rings (SSSR count). The molecule has 0 spiro atoms. The van der Waals surface area contributed by atoms with Gasteiger partial charge in [0.2, 0.25) is 0 Å². The summed E-state index contributed by atoms with van der Waals surface area (Å²) in [6, 6.07) is 21.6. The van der Waals surface area contributed by atoms with Crippen molar-refractivity contribution in [3.8, 4) is 11.1 Å². The van der Waals surface area contributed by atoms with E-state index in [2.05, 4.69) is 80.7 Å². The molecular formula is C22H29NSiTi. The Kier molecular flexibility index (Phi) is 11.0. The van der Waals surface area contributed by atoms with E-state index in [4.69, 9.17) is 5.73 Å². The summed E-state index contributed by atoms with van der Waals surface area (Å²) in [5, 5.41) is 2.69. The van der Waals surface area contributed by atoms with Gasteiger partial charge in [0.1, 0.15) is 0 Å². The van der Waals surface area contributed by atoms with Crippen molar-refractivity contribution in [2.24, 2.45) is 0 Å². The number of fused-ring (bicyclic) bond motifs is 1. The molecule has 3 aromatic carbocycles. The summed E-state index contributed by atoms with van der Waals surface area (Å²) in [5.41, 5.74) is 10.6. The van der Waals surface area contributed by atoms with E-state index in [-0.39, 0.29) is 27.3 Å². The van der Waals surface area contributed by atoms with Crippen molar-refractivity contribution in [1.82, 2.24) is 0 Å². The number of rotatable bonds is 1. The van der Waals surface area contributed by atoms with Gasteiger partial charge < -0.3 is 5.73 Å². The van der Waals surface area contributed by atoms with Crippen molar-refractivity contribution in [3.63, 3.8) is 0 Å². The molecule has 0 aromatic heterocycles. The van der Waals surface area contributed by atoms with E-state index in [0.29, 0.717) is 0 Å². The van der Waals surface area contributed by atoms with E-state index in [0.717, 1.165) is 9.52 Å². The maximum absolute atomic E-state index is 6.94. The standard InChI is InChI=1S/C16H13.C4H10N.C2H6Si.Ti/c1-12-10-14-8-5-9-15(16(14)11-12)13-6-3-2-4-7-13;1-4(2,3)5;1-3-2;/h2-11H,1H3;5H,1-3H3;1-2H3;/q2*-1;;+2. The van der Waals surface area contributed by atoms with E-state index in [1.807, 2.05) is 20.8 Å². The van der Waals surface area contributed by atoms with Gasteiger partial charge in [-0.1, -0.05) is 82.8 Å². The van der Waals surface area contributed by atoms with Gasteiger partial charge in [-0.05, 0) is 5.56 Å². The third-order valence-corrected chi connectivity index (χ3v) is 2.98. The monoisotopic (exact) mass is 383 g/mol. The zero-order valence-electron chi connectivity index (χ0n) is 16.3. The fourth-order valence-corrected chi connectivity index (χ4v) is 2.25. The van der Waals surface area contributed by atoms with Crippen LogP contribution in [0.3, 0.4) is 0 Å². The second-order valence-electron chi connectivity index (χ2n) is 6.96. The number of hydrogen-bond donors (Lipinski definition) is 0. The van der Waals surface area contributed by atoms with Gasteiger partial charge in [-0.25, -0.2) is 0 Å². The van der Waals surface area contributed by atoms with E-state index in [1.54, 1.807) is 0 Å². The van der Waals surface area contributed by atoms with Gasteiger partial charge in [-0.3, -0.25) is 0 Å². The maximum Gasteiger partial charge on any atom is 2.00 e. The van der Waals surface area contributed by atoms with E-state index in [9.17, 15) is 0 Å². The Balaban J connectivity index is 0.000000550. The van der Waals surface area contributed by atoms with Crippen LogP contribution in [0.25, 0.3) is 27.6 Å². The summed E-state index contributed by atoms with van der Waals surface area (Å²) in [7, 11) is 1.08. The van der Waals surface area contributed by atoms with Crippen molar-refractivity contribution in [2.45, 2.75) is 46.3 Å². The molecule has 3 aromatic rings. The molecule has 0 saturated heterocycles. The molecule has 1 nitrogen and oxygen atoms in total. The van der Waals surface area contributed by atoms with Crippen LogP contribution in [0.15, 0.2) is 60.7 Å². The number of benzene rings is 2. The number of aryl methyl sites for hydroxylation is 1. The largest absolute Gasteiger partial charge is 2.00 e. The summed E-state index contributed by atoms with van der Waals surface area (Å²) in [6.45, 7) is 12.0. The fraction of sp³-hybridized carbons (Fsp3) is 0.318. The second kappa shape index (κ2) is 11.5. The molecule has 0 aliphatic carbocycles. The molecule has 0 saturated carbocycles. The van der Waals surface area contributed by atoms with E-state index in [1.165, 1.54) is 27.5 Å². The van der Waals surface area contributed by atoms with Crippen LogP contribution in [0.5, 0.6) is 0 Å². The zero-order valence-corrected chi connectivity index (χ0v) is 18.8. The fourth-order valence-electron chi connectivity index (χ4n) is 2.25. The minimum Gasteiger partial charge on any atom is -0.673 e. The minimum atomic E-state index is -0.250. The summed E-state index contributed by atoms with van der Waals surface area (Å²) < 4.78 is 0. The maximum atomic E-state index is 6.94. The van der Waals surface area contributed by atoms with Crippen LogP contribution < -0.4 is 0 Å². The molecule has 1 N–H and O–H groups in total. The van der Waals surface area contributed by atoms with Crippen LogP contribution >= 0.6 is 0 Å². The van der Waals surface area contributed by atoms with Crippen molar-refractivity contribution in [1.29, 1.82) is 0 Å². The van der Waals surface area contributed by atoms with Crippen LogP contribution in [0.4, 0.5) is 0 Å². The van der Waals surface area contributed by atoms with Crippen LogP contribution in [0.2, 0.25) is 13.1 Å². The van der Waals surface area contributed by atoms with Crippen LogP contribution in [-0.2, 0) is 21.7 Å². The molecule has 3 heteroatoms. The Bertz CT molecular complexity index is 721. The Morgan fingerprint density at radius 2 is 1.44 bits per heavy atom. The van der Waals surface area contributed by atoms with Gasteiger partial charge in [-0.2, -0.15) is 6.07 Å². The van der Waals surface area contributed by atoms with Crippen molar-refractivity contribution >= 4 is 20.3 Å². The SMILES string of the molecule is CC(C)(C)[NH-].C[Si]C.Cc1cc2c(-c3ccccc3)cccc2[cH-]1.[Ti+2]. The van der Waals surface area contributed by atoms with Gasteiger partial charge in [0.25, 0.3) is 0 Å². The van der Waals surface area contributed by atoms with Crippen LogP contribution in [0, 0.1) is 6.92 Å². The van der Waals surface area contributed by atoms with Gasteiger partial charge in [0.05, 0.1) is 0 Å². The first-order chi connectivity index (χ1) is 11.3. The molecule has 0 aliphatic rings. The van der Waals surface area contributed by atoms with Crippen molar-refractivity contribution in [2.75, 3.05) is 0 Å². The molecule has 130 valence electrons. The molecule has 0 aliphatic heterocycles. The summed E-state index contributed by atoms with van der Waals surface area (Å²) in [4.78, 5) is 0. The van der Waals surface area contributed by atoms with Crippen molar-refractivity contribution in [3.05, 3.63) is 72.0 Å². The molecule has 25 heavy (non-hydrogen) atoms. The van der Waals surface area contributed by atoms with Crippen molar-refractivity contribution < 1.29 is 21.7 Å². The first kappa shape index (κ1) is 23.9. The molecule has 0 heterocycles. The Morgan fingerprint density at radius 1 is 0.920 bits per heavy atom. The predicted molar refractivity (Wildman–Crippen MR) is 111 cm³/mol. The third-order valence-electron chi connectivity index (χ3n) is 2.98. The second-order valence-corrected chi connectivity index (χ2v) is 7.96. The van der Waals surface area contributed by atoms with Gasteiger partial charge >= 0.3 is 21.7 Å². The summed E-state index contributed by atoms with van der Waals surface area (Å²) >= 11 is 0. The number of nitrogens with one attached hydrogen (secondary N) is 1. The average Bonchev–Trinajstić information content (AvgIpc) is 2.87. The topological polar surface area (TPSA) is 23.8 Å². The molecule has 0 bridgehead atoms. The van der Waals surface area contributed by atoms with Gasteiger partial charge in [-0.15, -0.1) is 40.1 Å². The molecule has 2 radical (unpaired) electrons. The zero-order chi connectivity index (χ0) is 18.2. The predicted octanol–water partition coefficient (Wildman–Crippen LogP) is 7.16. The van der Waals surface area contributed by atoms with Gasteiger partial charge in [0.15, 0.2) is 0 Å². The number of hydrogen-bond acceptors (Lipinski definition) is 0. The Labute approximate surface area is 171 Å². The average molecular weight is 383 g/mol. The molecule has 0 atom stereocenters. The molecule has 0 amide bonds. The summed E-state index contributed by atoms with van der Waals surface area (Å²) in [6.07, 6.45) is 0. The Morgan fingerprint density at radius 3 is 1.96 bits per heavy atom. The molecule has 0 unspecified atom stereocenters. The third kappa shape index (κ3) is 9.27. The summed E-state index contributed by atoms with van der Waals surface area (Å²) in [5.74, 6) is 0. The smallest absolute Gasteiger partial charge is 0.673 e. The Hall–Kier alpha value is -1.06. The quantitative estimate of drug-likeness (QED) is 0.315. The first-order valence-electron chi connectivity index (χ1n) is 8.31. The first-order valence-corrected chi connectivity index (χ1v) is 10.3. The van der Waals surface area contributed by atoms with Crippen LogP contribution in [0.1, 0.15) is 26.3 Å². The molecule has 0 fully saturated rings. The normalized spacial score (nSPS) is 10.0. The van der Waals surface area contributed by atoms with Crippen LogP contribution in [-0.4, -0.2) is 15.1 Å². The van der Waals surface area contributed by atoms with Gasteiger partial charge in [0, 0.05) is 9.52 Å².